The standard InChI is InChI=1S/C57H105N3O/c1-4-7-10-13-16-19-22-24-26-28-31-34-37-40-46-53-58-60(56-49-43-42-44-50-56,55-48-52-57(61)51-45-39-36-33-30-21-18-15-12-9-6-3)59-54-47-41-38-35-32-29-27-25-23-20-17-14-11-8-5-2/h24-27,33,36,42-44,49-50,57-59H,4-23,28-32,34-35,37-41,45-48,51-55H2,1-3H3/q+1/b26-24-,27-25-,36-33-. The molecule has 0 bridgehead atoms. The molecule has 4 heteroatoms. The molecule has 0 aliphatic rings. The van der Waals surface area contributed by atoms with E-state index in [4.69, 9.17) is 0 Å². The fraction of sp³-hybridized carbons (Fsp3) is 0.789. The van der Waals surface area contributed by atoms with Gasteiger partial charge in [-0.15, -0.1) is 15.6 Å². The molecule has 0 saturated carbocycles. The largest absolute Gasteiger partial charge is 0.233 e. The zero-order chi connectivity index (χ0) is 43.8. The van der Waals surface area contributed by atoms with Gasteiger partial charge in [0.2, 0.25) is 0 Å². The summed E-state index contributed by atoms with van der Waals surface area (Å²) in [6, 6.07) is 11.0. The number of nitrogens with one attached hydrogen (secondary N) is 2. The Morgan fingerprint density at radius 3 is 1.08 bits per heavy atom. The Bertz CT molecular complexity index is 1040. The average Bonchev–Trinajstić information content (AvgIpc) is 3.28. The van der Waals surface area contributed by atoms with Gasteiger partial charge in [0.1, 0.15) is 6.54 Å². The molecule has 1 aromatic carbocycles. The molecule has 1 aromatic rings. The molecule has 0 heterocycles. The first kappa shape index (κ1) is 57.3. The van der Waals surface area contributed by atoms with Crippen molar-refractivity contribution in [1.29, 1.82) is 0 Å². The second-order valence-corrected chi connectivity index (χ2v) is 18.6. The Hall–Kier alpha value is -1.72. The van der Waals surface area contributed by atoms with Gasteiger partial charge in [0, 0.05) is 31.6 Å². The number of quaternary nitrogens is 1. The minimum Gasteiger partial charge on any atom is -0.233 e. The molecule has 1 radical (unpaired) electrons. The SMILES string of the molecule is CCCCCCCC/C=C\CCCCCCCN[N+](CCCC([O])CCC/C=C\CCCCCCCC)(NCCCCCCC/C=C\CCCCCCCC)c1ccccc1. The molecule has 2 N–H and O–H groups in total. The number of benzene rings is 1. The van der Waals surface area contributed by atoms with Gasteiger partial charge < -0.3 is 0 Å². The number of para-hydroxylation sites is 1. The maximum Gasteiger partial charge on any atom is 0.171 e. The number of hydrogen-bond acceptors (Lipinski definition) is 2. The van der Waals surface area contributed by atoms with Gasteiger partial charge in [-0.1, -0.05) is 210 Å². The van der Waals surface area contributed by atoms with Crippen LogP contribution in [0.25, 0.3) is 0 Å². The molecule has 1 unspecified atom stereocenters. The first-order chi connectivity index (χ1) is 30.2. The maximum absolute atomic E-state index is 13.2. The average molecular weight is 848 g/mol. The van der Waals surface area contributed by atoms with Crippen LogP contribution in [0.5, 0.6) is 0 Å². The lowest BCUT2D eigenvalue weighted by Gasteiger charge is -2.37. The van der Waals surface area contributed by atoms with Crippen molar-refractivity contribution in [3.63, 3.8) is 0 Å². The molecule has 0 fully saturated rings. The quantitative estimate of drug-likeness (QED) is 0.0297. The summed E-state index contributed by atoms with van der Waals surface area (Å²) in [5.74, 6) is 0. The summed E-state index contributed by atoms with van der Waals surface area (Å²) in [6.45, 7) is 9.74. The van der Waals surface area contributed by atoms with Gasteiger partial charge in [-0.3, -0.25) is 0 Å². The number of allylic oxidation sites excluding steroid dienone is 6. The number of hydrogen-bond donors (Lipinski definition) is 2. The highest BCUT2D eigenvalue weighted by Crippen LogP contribution is 2.21. The van der Waals surface area contributed by atoms with Crippen molar-refractivity contribution in [2.24, 2.45) is 0 Å². The van der Waals surface area contributed by atoms with E-state index in [0.717, 1.165) is 51.7 Å². The fourth-order valence-electron chi connectivity index (χ4n) is 8.58. The lowest BCUT2D eigenvalue weighted by atomic mass is 10.1. The second-order valence-electron chi connectivity index (χ2n) is 18.6. The van der Waals surface area contributed by atoms with Crippen molar-refractivity contribution < 1.29 is 5.11 Å². The highest BCUT2D eigenvalue weighted by atomic mass is 16.3. The molecule has 0 amide bonds. The van der Waals surface area contributed by atoms with Crippen LogP contribution in [0.15, 0.2) is 66.8 Å². The summed E-state index contributed by atoms with van der Waals surface area (Å²) in [6.07, 6.45) is 62.2. The van der Waals surface area contributed by atoms with Crippen LogP contribution in [0, 0.1) is 0 Å². The minimum absolute atomic E-state index is 0.472. The lowest BCUT2D eigenvalue weighted by molar-refractivity contribution is 0.0581. The Balaban J connectivity index is 2.55. The minimum atomic E-state index is -0.472. The number of unbranched alkanes of at least 4 members (excludes halogenated alkanes) is 29. The van der Waals surface area contributed by atoms with E-state index >= 15 is 0 Å². The van der Waals surface area contributed by atoms with Crippen molar-refractivity contribution in [1.82, 2.24) is 15.6 Å². The molecule has 353 valence electrons. The van der Waals surface area contributed by atoms with Crippen molar-refractivity contribution >= 4 is 5.69 Å². The molecular formula is C57H105N3O+. The lowest BCUT2D eigenvalue weighted by Crippen LogP contribution is -2.68. The molecule has 1 atom stereocenters. The highest BCUT2D eigenvalue weighted by Gasteiger charge is 2.31. The number of rotatable bonds is 48. The van der Waals surface area contributed by atoms with Gasteiger partial charge in [-0.25, -0.2) is 5.11 Å². The summed E-state index contributed by atoms with van der Waals surface area (Å²) < 4.78 is 0.585. The molecule has 0 aliphatic heterocycles. The fourth-order valence-corrected chi connectivity index (χ4v) is 8.58. The zero-order valence-electron chi connectivity index (χ0n) is 41.3. The van der Waals surface area contributed by atoms with Crippen LogP contribution in [-0.2, 0) is 5.11 Å². The number of nitrogens with zero attached hydrogens (tertiary/aromatic N) is 1. The first-order valence-corrected chi connectivity index (χ1v) is 27.2. The van der Waals surface area contributed by atoms with E-state index in [2.05, 4.69) is 98.4 Å². The summed E-state index contributed by atoms with van der Waals surface area (Å²) >= 11 is 0. The summed E-state index contributed by atoms with van der Waals surface area (Å²) in [7, 11) is 0. The van der Waals surface area contributed by atoms with Crippen LogP contribution >= 0.6 is 0 Å². The van der Waals surface area contributed by atoms with Gasteiger partial charge in [-0.05, 0) is 103 Å². The zero-order valence-corrected chi connectivity index (χ0v) is 41.3. The molecule has 0 aliphatic carbocycles. The molecule has 61 heavy (non-hydrogen) atoms. The highest BCUT2D eigenvalue weighted by molar-refractivity contribution is 5.40. The van der Waals surface area contributed by atoms with Crippen LogP contribution in [0.3, 0.4) is 0 Å². The maximum atomic E-state index is 13.2. The van der Waals surface area contributed by atoms with Crippen molar-refractivity contribution in [2.45, 2.75) is 271 Å². The normalized spacial score (nSPS) is 12.9. The summed E-state index contributed by atoms with van der Waals surface area (Å²) in [4.78, 5) is 0. The van der Waals surface area contributed by atoms with Crippen LogP contribution in [0.2, 0.25) is 0 Å². The topological polar surface area (TPSA) is 44.0 Å². The van der Waals surface area contributed by atoms with Gasteiger partial charge in [0.05, 0.1) is 6.10 Å². The van der Waals surface area contributed by atoms with Crippen LogP contribution in [0.4, 0.5) is 5.69 Å². The Labute approximate surface area is 382 Å². The van der Waals surface area contributed by atoms with E-state index in [9.17, 15) is 5.11 Å². The molecule has 0 spiro atoms. The van der Waals surface area contributed by atoms with Crippen molar-refractivity contribution in [3.8, 4) is 0 Å². The van der Waals surface area contributed by atoms with Crippen LogP contribution in [-0.4, -0.2) is 25.7 Å². The van der Waals surface area contributed by atoms with Gasteiger partial charge >= 0.3 is 0 Å². The predicted molar refractivity (Wildman–Crippen MR) is 273 cm³/mol. The van der Waals surface area contributed by atoms with E-state index in [1.807, 2.05) is 0 Å². The molecule has 1 rings (SSSR count). The molecule has 4 nitrogen and oxygen atoms in total. The predicted octanol–water partition coefficient (Wildman–Crippen LogP) is 18.4. The summed E-state index contributed by atoms with van der Waals surface area (Å²) in [5, 5.41) is 13.2. The Kier molecular flexibility index (Phi) is 43.5. The van der Waals surface area contributed by atoms with E-state index < -0.39 is 6.10 Å². The van der Waals surface area contributed by atoms with Gasteiger partial charge in [-0.2, -0.15) is 0 Å². The van der Waals surface area contributed by atoms with Crippen molar-refractivity contribution in [3.05, 3.63) is 66.8 Å². The third-order valence-electron chi connectivity index (χ3n) is 12.6. The van der Waals surface area contributed by atoms with Crippen molar-refractivity contribution in [2.75, 3.05) is 19.6 Å². The molecular weight excluding hydrogens is 743 g/mol. The monoisotopic (exact) mass is 848 g/mol. The first-order valence-electron chi connectivity index (χ1n) is 27.2. The van der Waals surface area contributed by atoms with Crippen LogP contribution in [0.1, 0.15) is 265 Å². The van der Waals surface area contributed by atoms with Gasteiger partial charge in [0.15, 0.2) is 5.69 Å². The van der Waals surface area contributed by atoms with Crippen LogP contribution < -0.4 is 15.6 Å². The molecule has 0 saturated heterocycles. The van der Waals surface area contributed by atoms with Gasteiger partial charge in [0.25, 0.3) is 0 Å². The van der Waals surface area contributed by atoms with E-state index in [-0.39, 0.29) is 0 Å². The van der Waals surface area contributed by atoms with E-state index in [0.29, 0.717) is 4.70 Å². The second kappa shape index (κ2) is 46.3. The third kappa shape index (κ3) is 37.4. The van der Waals surface area contributed by atoms with E-state index in [1.165, 1.54) is 218 Å². The third-order valence-corrected chi connectivity index (χ3v) is 12.6. The Morgan fingerprint density at radius 1 is 0.393 bits per heavy atom. The van der Waals surface area contributed by atoms with E-state index in [1.54, 1.807) is 0 Å². The Morgan fingerprint density at radius 2 is 0.705 bits per heavy atom. The summed E-state index contributed by atoms with van der Waals surface area (Å²) in [5.41, 5.74) is 9.28. The smallest absolute Gasteiger partial charge is 0.171 e. The molecule has 0 aromatic heterocycles.